The van der Waals surface area contributed by atoms with Crippen molar-refractivity contribution in [3.05, 3.63) is 58.4 Å². The maximum atomic E-state index is 5.52. The maximum Gasteiger partial charge on any atom is 0.128 e. The number of alkyl halides is 1. The van der Waals surface area contributed by atoms with Crippen LogP contribution in [-0.4, -0.2) is 12.1 Å². The van der Waals surface area contributed by atoms with Crippen LogP contribution in [0, 0.1) is 19.8 Å². The number of ether oxygens (including phenoxy) is 1. The molecule has 1 aliphatic carbocycles. The Bertz CT molecular complexity index is 668. The van der Waals surface area contributed by atoms with Gasteiger partial charge in [-0.2, -0.15) is 0 Å². The van der Waals surface area contributed by atoms with E-state index in [1.807, 2.05) is 13.1 Å². The average Bonchev–Trinajstić information content (AvgIpc) is 2.80. The molecule has 2 aromatic rings. The first-order valence-electron chi connectivity index (χ1n) is 7.32. The molecule has 0 amide bonds. The van der Waals surface area contributed by atoms with Gasteiger partial charge in [0.1, 0.15) is 5.75 Å². The predicted octanol–water partition coefficient (Wildman–Crippen LogP) is 4.56. The van der Waals surface area contributed by atoms with E-state index in [1.165, 1.54) is 16.7 Å². The molecular formula is C18H20BrNO. The van der Waals surface area contributed by atoms with Gasteiger partial charge in [-0.05, 0) is 43.7 Å². The lowest BCUT2D eigenvalue weighted by atomic mass is 9.96. The molecule has 0 aliphatic heterocycles. The molecule has 0 saturated carbocycles. The Kier molecular flexibility index (Phi) is 4.03. The van der Waals surface area contributed by atoms with E-state index in [-0.39, 0.29) is 0 Å². The van der Waals surface area contributed by atoms with Gasteiger partial charge in [0.25, 0.3) is 0 Å². The molecule has 0 N–H and O–H groups in total. The smallest absolute Gasteiger partial charge is 0.128 e. The Labute approximate surface area is 134 Å². The van der Waals surface area contributed by atoms with Gasteiger partial charge in [-0.1, -0.05) is 40.2 Å². The van der Waals surface area contributed by atoms with E-state index < -0.39 is 0 Å². The lowest BCUT2D eigenvalue weighted by molar-refractivity contribution is 0.406. The third-order valence-electron chi connectivity index (χ3n) is 4.45. The molecule has 21 heavy (non-hydrogen) atoms. The fourth-order valence-electron chi connectivity index (χ4n) is 3.33. The SMILES string of the molecule is COc1c(C)cnc(CC2Cc3ccccc3C2Br)c1C. The summed E-state index contributed by atoms with van der Waals surface area (Å²) < 4.78 is 5.52. The van der Waals surface area contributed by atoms with Crippen LogP contribution in [0.5, 0.6) is 5.75 Å². The van der Waals surface area contributed by atoms with Crippen molar-refractivity contribution in [3.8, 4) is 5.75 Å². The molecule has 0 bridgehead atoms. The van der Waals surface area contributed by atoms with Crippen molar-refractivity contribution in [1.29, 1.82) is 0 Å². The van der Waals surface area contributed by atoms with Gasteiger partial charge in [0.05, 0.1) is 7.11 Å². The van der Waals surface area contributed by atoms with E-state index >= 15 is 0 Å². The fraction of sp³-hybridized carbons (Fsp3) is 0.389. The number of aryl methyl sites for hydroxylation is 1. The molecule has 1 aromatic heterocycles. The summed E-state index contributed by atoms with van der Waals surface area (Å²) in [6.07, 6.45) is 4.02. The lowest BCUT2D eigenvalue weighted by Gasteiger charge is -2.17. The summed E-state index contributed by atoms with van der Waals surface area (Å²) in [6.45, 7) is 4.15. The highest BCUT2D eigenvalue weighted by Gasteiger charge is 2.31. The van der Waals surface area contributed by atoms with Crippen LogP contribution >= 0.6 is 15.9 Å². The second-order valence-electron chi connectivity index (χ2n) is 5.82. The van der Waals surface area contributed by atoms with Gasteiger partial charge >= 0.3 is 0 Å². The lowest BCUT2D eigenvalue weighted by Crippen LogP contribution is -2.10. The van der Waals surface area contributed by atoms with Gasteiger partial charge in [0.15, 0.2) is 0 Å². The highest BCUT2D eigenvalue weighted by molar-refractivity contribution is 9.09. The molecule has 1 aromatic carbocycles. The van der Waals surface area contributed by atoms with Gasteiger partial charge in [-0.15, -0.1) is 0 Å². The second kappa shape index (κ2) is 5.80. The quantitative estimate of drug-likeness (QED) is 0.760. The Morgan fingerprint density at radius 3 is 2.76 bits per heavy atom. The van der Waals surface area contributed by atoms with Crippen LogP contribution in [0.3, 0.4) is 0 Å². The number of halogens is 1. The number of nitrogens with zero attached hydrogens (tertiary/aromatic N) is 1. The predicted molar refractivity (Wildman–Crippen MR) is 89.3 cm³/mol. The molecule has 3 rings (SSSR count). The zero-order chi connectivity index (χ0) is 15.0. The Morgan fingerprint density at radius 1 is 1.29 bits per heavy atom. The van der Waals surface area contributed by atoms with E-state index in [0.717, 1.165) is 29.8 Å². The minimum absolute atomic E-state index is 0.419. The Hall–Kier alpha value is -1.35. The van der Waals surface area contributed by atoms with Gasteiger partial charge in [-0.3, -0.25) is 4.98 Å². The summed E-state index contributed by atoms with van der Waals surface area (Å²) in [6, 6.07) is 8.71. The number of rotatable bonds is 3. The molecule has 0 spiro atoms. The normalized spacial score (nSPS) is 20.4. The highest BCUT2D eigenvalue weighted by atomic mass is 79.9. The molecule has 110 valence electrons. The molecular weight excluding hydrogens is 326 g/mol. The van der Waals surface area contributed by atoms with Crippen molar-refractivity contribution >= 4 is 15.9 Å². The van der Waals surface area contributed by atoms with Gasteiger partial charge in [0.2, 0.25) is 0 Å². The number of hydrogen-bond donors (Lipinski definition) is 0. The summed E-state index contributed by atoms with van der Waals surface area (Å²) in [5, 5.41) is 0. The van der Waals surface area contributed by atoms with Crippen molar-refractivity contribution < 1.29 is 4.74 Å². The summed E-state index contributed by atoms with van der Waals surface area (Å²) in [7, 11) is 1.73. The van der Waals surface area contributed by atoms with Crippen molar-refractivity contribution in [2.24, 2.45) is 5.92 Å². The third kappa shape index (κ3) is 2.59. The van der Waals surface area contributed by atoms with E-state index in [0.29, 0.717) is 10.7 Å². The van der Waals surface area contributed by atoms with Crippen LogP contribution in [0.4, 0.5) is 0 Å². The number of fused-ring (bicyclic) bond motifs is 1. The minimum atomic E-state index is 0.419. The minimum Gasteiger partial charge on any atom is -0.496 e. The van der Waals surface area contributed by atoms with Gasteiger partial charge in [-0.25, -0.2) is 0 Å². The van der Waals surface area contributed by atoms with Crippen LogP contribution in [0.25, 0.3) is 0 Å². The third-order valence-corrected chi connectivity index (χ3v) is 5.69. The molecule has 3 heteroatoms. The summed E-state index contributed by atoms with van der Waals surface area (Å²) in [5.74, 6) is 1.53. The van der Waals surface area contributed by atoms with Gasteiger partial charge in [0, 0.05) is 27.8 Å². The number of methoxy groups -OCH3 is 1. The zero-order valence-corrected chi connectivity index (χ0v) is 14.3. The molecule has 2 unspecified atom stereocenters. The Morgan fingerprint density at radius 2 is 2.05 bits per heavy atom. The van der Waals surface area contributed by atoms with E-state index in [9.17, 15) is 0 Å². The molecule has 1 aliphatic rings. The average molecular weight is 346 g/mol. The molecule has 0 radical (unpaired) electrons. The standard InChI is InChI=1S/C18H20BrNO/c1-11-10-20-16(12(2)18(11)21-3)9-14-8-13-6-4-5-7-15(13)17(14)19/h4-7,10,14,17H,8-9H2,1-3H3. The first-order valence-corrected chi connectivity index (χ1v) is 8.24. The first-order chi connectivity index (χ1) is 10.1. The van der Waals surface area contributed by atoms with Crippen LogP contribution in [0.2, 0.25) is 0 Å². The van der Waals surface area contributed by atoms with E-state index in [1.54, 1.807) is 7.11 Å². The first kappa shape index (κ1) is 14.6. The topological polar surface area (TPSA) is 22.1 Å². The molecule has 1 heterocycles. The highest BCUT2D eigenvalue weighted by Crippen LogP contribution is 2.44. The zero-order valence-electron chi connectivity index (χ0n) is 12.7. The van der Waals surface area contributed by atoms with E-state index in [2.05, 4.69) is 52.1 Å². The van der Waals surface area contributed by atoms with Crippen LogP contribution in [0.15, 0.2) is 30.5 Å². The monoisotopic (exact) mass is 345 g/mol. The summed E-state index contributed by atoms with van der Waals surface area (Å²) in [5.41, 5.74) is 6.32. The number of pyridine rings is 1. The number of benzene rings is 1. The van der Waals surface area contributed by atoms with Crippen LogP contribution in [-0.2, 0) is 12.8 Å². The van der Waals surface area contributed by atoms with Crippen LogP contribution < -0.4 is 4.74 Å². The number of hydrogen-bond acceptors (Lipinski definition) is 2. The Balaban J connectivity index is 1.86. The molecule has 2 nitrogen and oxygen atoms in total. The molecule has 0 fully saturated rings. The summed E-state index contributed by atoms with van der Waals surface area (Å²) >= 11 is 3.88. The molecule has 0 saturated heterocycles. The fourth-order valence-corrected chi connectivity index (χ4v) is 4.15. The van der Waals surface area contributed by atoms with Crippen molar-refractivity contribution in [3.63, 3.8) is 0 Å². The maximum absolute atomic E-state index is 5.52. The molecule has 2 atom stereocenters. The second-order valence-corrected chi connectivity index (χ2v) is 6.80. The van der Waals surface area contributed by atoms with Gasteiger partial charge < -0.3 is 4.74 Å². The number of aromatic nitrogens is 1. The van der Waals surface area contributed by atoms with Crippen molar-refractivity contribution in [1.82, 2.24) is 4.98 Å². The van der Waals surface area contributed by atoms with Crippen molar-refractivity contribution in [2.45, 2.75) is 31.5 Å². The van der Waals surface area contributed by atoms with Crippen LogP contribution in [0.1, 0.15) is 32.8 Å². The van der Waals surface area contributed by atoms with Crippen molar-refractivity contribution in [2.75, 3.05) is 7.11 Å². The van der Waals surface area contributed by atoms with E-state index in [4.69, 9.17) is 4.74 Å². The summed E-state index contributed by atoms with van der Waals surface area (Å²) in [4.78, 5) is 5.07. The largest absolute Gasteiger partial charge is 0.496 e.